The monoisotopic (exact) mass is 550 g/mol. The van der Waals surface area contributed by atoms with Crippen LogP contribution in [-0.4, -0.2) is 5.11 Å². The fraction of sp³-hybridized carbons (Fsp3) is 0.182. The van der Waals surface area contributed by atoms with Crippen molar-refractivity contribution in [3.8, 4) is 5.75 Å². The molecule has 1 aliphatic carbocycles. The highest BCUT2D eigenvalue weighted by atomic mass is 79.9. The Bertz CT molecular complexity index is 1620. The second-order valence-corrected chi connectivity index (χ2v) is 10.8. The van der Waals surface area contributed by atoms with E-state index >= 15 is 0 Å². The van der Waals surface area contributed by atoms with E-state index in [1.165, 1.54) is 22.3 Å². The largest absolute Gasteiger partial charge is 0.507 e. The SMILES string of the molecule is O=c1oc2ccccc2c(O)c1C1CC(c2ccc(CCc3ccc(Br)cc3)cc2)Cc2ccccc21. The molecule has 4 heteroatoms. The fourth-order valence-corrected chi connectivity index (χ4v) is 5.96. The molecule has 0 aliphatic heterocycles. The van der Waals surface area contributed by atoms with Gasteiger partial charge in [-0.05, 0) is 83.7 Å². The van der Waals surface area contributed by atoms with Crippen LogP contribution in [0.2, 0.25) is 0 Å². The van der Waals surface area contributed by atoms with Crippen molar-refractivity contribution in [1.29, 1.82) is 0 Å². The zero-order chi connectivity index (χ0) is 25.4. The number of fused-ring (bicyclic) bond motifs is 2. The van der Waals surface area contributed by atoms with Crippen LogP contribution in [0.1, 0.15) is 51.6 Å². The van der Waals surface area contributed by atoms with Crippen molar-refractivity contribution in [2.45, 2.75) is 37.5 Å². The quantitative estimate of drug-likeness (QED) is 0.226. The molecule has 4 aromatic carbocycles. The summed E-state index contributed by atoms with van der Waals surface area (Å²) in [5, 5.41) is 11.8. The highest BCUT2D eigenvalue weighted by molar-refractivity contribution is 9.10. The second-order valence-electron chi connectivity index (χ2n) is 9.90. The summed E-state index contributed by atoms with van der Waals surface area (Å²) >= 11 is 3.50. The van der Waals surface area contributed by atoms with Gasteiger partial charge in [0.25, 0.3) is 0 Å². The first-order valence-electron chi connectivity index (χ1n) is 12.7. The zero-order valence-electron chi connectivity index (χ0n) is 20.4. The van der Waals surface area contributed by atoms with Crippen molar-refractivity contribution >= 4 is 26.9 Å². The Morgan fingerprint density at radius 1 is 0.811 bits per heavy atom. The standard InChI is InChI=1S/C33H27BrO3/c34-26-17-13-22(14-18-26)10-9-21-11-15-23(16-12-21)25-19-24-5-1-2-6-27(24)29(20-25)31-32(35)28-7-3-4-8-30(28)37-33(31)36/h1-8,11-18,25,29,35H,9-10,19-20H2. The number of benzene rings is 4. The van der Waals surface area contributed by atoms with Gasteiger partial charge in [0, 0.05) is 10.4 Å². The molecule has 0 spiro atoms. The summed E-state index contributed by atoms with van der Waals surface area (Å²) in [6.07, 6.45) is 3.64. The third-order valence-corrected chi connectivity index (χ3v) is 8.18. The van der Waals surface area contributed by atoms with Crippen molar-refractivity contribution in [2.24, 2.45) is 0 Å². The van der Waals surface area contributed by atoms with Gasteiger partial charge in [-0.3, -0.25) is 0 Å². The lowest BCUT2D eigenvalue weighted by Gasteiger charge is -2.32. The number of aryl methyl sites for hydroxylation is 2. The third kappa shape index (κ3) is 4.74. The van der Waals surface area contributed by atoms with E-state index in [0.717, 1.165) is 35.7 Å². The lowest BCUT2D eigenvalue weighted by Crippen LogP contribution is -2.23. The normalized spacial score (nSPS) is 17.0. The fourth-order valence-electron chi connectivity index (χ4n) is 5.70. The van der Waals surface area contributed by atoms with Gasteiger partial charge in [-0.2, -0.15) is 0 Å². The highest BCUT2D eigenvalue weighted by Crippen LogP contribution is 2.45. The second kappa shape index (κ2) is 10.0. The van der Waals surface area contributed by atoms with Gasteiger partial charge in [0.2, 0.25) is 0 Å². The molecule has 1 heterocycles. The number of rotatable bonds is 5. The van der Waals surface area contributed by atoms with E-state index < -0.39 is 5.63 Å². The summed E-state index contributed by atoms with van der Waals surface area (Å²) in [6.45, 7) is 0. The maximum Gasteiger partial charge on any atom is 0.343 e. The van der Waals surface area contributed by atoms with Crippen LogP contribution >= 0.6 is 15.9 Å². The summed E-state index contributed by atoms with van der Waals surface area (Å²) in [4.78, 5) is 13.1. The average molecular weight is 551 g/mol. The summed E-state index contributed by atoms with van der Waals surface area (Å²) in [6, 6.07) is 32.9. The number of hydrogen-bond acceptors (Lipinski definition) is 3. The Kier molecular flexibility index (Phi) is 6.43. The molecule has 0 fully saturated rings. The maximum atomic E-state index is 13.1. The topological polar surface area (TPSA) is 50.4 Å². The minimum absolute atomic E-state index is 0.0376. The van der Waals surface area contributed by atoms with E-state index in [0.29, 0.717) is 16.5 Å². The van der Waals surface area contributed by atoms with Crippen molar-refractivity contribution in [2.75, 3.05) is 0 Å². The molecule has 5 aromatic rings. The Labute approximate surface area is 224 Å². The Hall–Kier alpha value is -3.63. The molecular formula is C33H27BrO3. The van der Waals surface area contributed by atoms with Crippen LogP contribution in [0.3, 0.4) is 0 Å². The van der Waals surface area contributed by atoms with Crippen molar-refractivity contribution in [1.82, 2.24) is 0 Å². The van der Waals surface area contributed by atoms with E-state index in [2.05, 4.69) is 76.6 Å². The maximum absolute atomic E-state index is 13.1. The van der Waals surface area contributed by atoms with Gasteiger partial charge < -0.3 is 9.52 Å². The molecule has 1 N–H and O–H groups in total. The molecule has 2 atom stereocenters. The first-order chi connectivity index (χ1) is 18.1. The van der Waals surface area contributed by atoms with Crippen LogP contribution in [0.15, 0.2) is 111 Å². The van der Waals surface area contributed by atoms with Gasteiger partial charge in [-0.25, -0.2) is 4.79 Å². The molecular weight excluding hydrogens is 524 g/mol. The van der Waals surface area contributed by atoms with E-state index in [4.69, 9.17) is 4.42 Å². The van der Waals surface area contributed by atoms with Gasteiger partial charge in [0.1, 0.15) is 11.3 Å². The van der Waals surface area contributed by atoms with E-state index in [-0.39, 0.29) is 17.6 Å². The minimum atomic E-state index is -0.458. The van der Waals surface area contributed by atoms with Crippen LogP contribution in [0, 0.1) is 0 Å². The predicted octanol–water partition coefficient (Wildman–Crippen LogP) is 7.91. The highest BCUT2D eigenvalue weighted by Gasteiger charge is 2.33. The predicted molar refractivity (Wildman–Crippen MR) is 151 cm³/mol. The van der Waals surface area contributed by atoms with Crippen molar-refractivity contribution in [3.05, 3.63) is 145 Å². The van der Waals surface area contributed by atoms with Gasteiger partial charge in [-0.1, -0.05) is 88.7 Å². The molecule has 0 saturated carbocycles. The molecule has 0 amide bonds. The number of aromatic hydroxyl groups is 1. The smallest absolute Gasteiger partial charge is 0.343 e. The molecule has 184 valence electrons. The van der Waals surface area contributed by atoms with Crippen molar-refractivity contribution in [3.63, 3.8) is 0 Å². The summed E-state index contributed by atoms with van der Waals surface area (Å²) in [5.41, 5.74) is 6.53. The molecule has 3 nitrogen and oxygen atoms in total. The molecule has 37 heavy (non-hydrogen) atoms. The van der Waals surface area contributed by atoms with Gasteiger partial charge >= 0.3 is 5.63 Å². The van der Waals surface area contributed by atoms with Crippen LogP contribution < -0.4 is 5.63 Å². The Morgan fingerprint density at radius 3 is 2.22 bits per heavy atom. The minimum Gasteiger partial charge on any atom is -0.507 e. The molecule has 0 radical (unpaired) electrons. The summed E-state index contributed by atoms with van der Waals surface area (Å²) in [5.74, 6) is 0.0502. The van der Waals surface area contributed by atoms with E-state index in [9.17, 15) is 9.90 Å². The lowest BCUT2D eigenvalue weighted by atomic mass is 9.72. The molecule has 0 saturated heterocycles. The summed E-state index contributed by atoms with van der Waals surface area (Å²) < 4.78 is 6.75. The molecule has 0 bridgehead atoms. The third-order valence-electron chi connectivity index (χ3n) is 7.65. The molecule has 2 unspecified atom stereocenters. The lowest BCUT2D eigenvalue weighted by molar-refractivity contribution is 0.437. The van der Waals surface area contributed by atoms with E-state index in [1.807, 2.05) is 18.2 Å². The van der Waals surface area contributed by atoms with Gasteiger partial charge in [0.15, 0.2) is 0 Å². The summed E-state index contributed by atoms with van der Waals surface area (Å²) in [7, 11) is 0. The number of hydrogen-bond donors (Lipinski definition) is 1. The molecule has 1 aromatic heterocycles. The molecule has 1 aliphatic rings. The van der Waals surface area contributed by atoms with Gasteiger partial charge in [-0.15, -0.1) is 0 Å². The van der Waals surface area contributed by atoms with Crippen LogP contribution in [0.4, 0.5) is 0 Å². The number of para-hydroxylation sites is 1. The van der Waals surface area contributed by atoms with Gasteiger partial charge in [0.05, 0.1) is 10.9 Å². The van der Waals surface area contributed by atoms with Crippen LogP contribution in [0.25, 0.3) is 11.0 Å². The first kappa shape index (κ1) is 23.7. The molecule has 6 rings (SSSR count). The Morgan fingerprint density at radius 2 is 1.46 bits per heavy atom. The first-order valence-corrected chi connectivity index (χ1v) is 13.5. The van der Waals surface area contributed by atoms with Crippen LogP contribution in [-0.2, 0) is 19.3 Å². The average Bonchev–Trinajstić information content (AvgIpc) is 2.93. The zero-order valence-corrected chi connectivity index (χ0v) is 21.9. The number of halogens is 1. The van der Waals surface area contributed by atoms with Crippen LogP contribution in [0.5, 0.6) is 5.75 Å². The van der Waals surface area contributed by atoms with Crippen molar-refractivity contribution < 1.29 is 9.52 Å². The van der Waals surface area contributed by atoms with E-state index in [1.54, 1.807) is 18.2 Å². The Balaban J connectivity index is 1.30.